The fourth-order valence-corrected chi connectivity index (χ4v) is 2.30. The number of piperidine rings is 1. The number of amides is 1. The van der Waals surface area contributed by atoms with Crippen LogP contribution < -0.4 is 10.6 Å². The molecule has 102 valence electrons. The van der Waals surface area contributed by atoms with Crippen molar-refractivity contribution in [2.75, 3.05) is 19.6 Å². The van der Waals surface area contributed by atoms with Gasteiger partial charge in [0.15, 0.2) is 0 Å². The number of rotatable bonds is 6. The number of hydrogen-bond acceptors (Lipinski definition) is 2. The van der Waals surface area contributed by atoms with Gasteiger partial charge in [0.05, 0.1) is 0 Å². The summed E-state index contributed by atoms with van der Waals surface area (Å²) in [4.78, 5) is 11.6. The SMILES string of the molecule is CCCCNC(=O)CC(C)C1CCCNC1.Cl. The molecule has 17 heavy (non-hydrogen) atoms. The molecule has 2 N–H and O–H groups in total. The Morgan fingerprint density at radius 3 is 2.88 bits per heavy atom. The van der Waals surface area contributed by atoms with E-state index in [1.165, 1.54) is 12.8 Å². The maximum atomic E-state index is 11.6. The van der Waals surface area contributed by atoms with Crippen molar-refractivity contribution >= 4 is 18.3 Å². The fourth-order valence-electron chi connectivity index (χ4n) is 2.30. The molecule has 1 fully saturated rings. The van der Waals surface area contributed by atoms with E-state index in [9.17, 15) is 4.79 Å². The molecule has 1 amide bonds. The van der Waals surface area contributed by atoms with Gasteiger partial charge in [-0.15, -0.1) is 12.4 Å². The highest BCUT2D eigenvalue weighted by atomic mass is 35.5. The average Bonchev–Trinajstić information content (AvgIpc) is 2.30. The van der Waals surface area contributed by atoms with E-state index >= 15 is 0 Å². The highest BCUT2D eigenvalue weighted by Crippen LogP contribution is 2.22. The largest absolute Gasteiger partial charge is 0.356 e. The molecule has 2 atom stereocenters. The van der Waals surface area contributed by atoms with Crippen LogP contribution in [-0.2, 0) is 4.79 Å². The Balaban J connectivity index is 0.00000256. The first-order chi connectivity index (χ1) is 7.74. The Bertz CT molecular complexity index is 206. The third-order valence-corrected chi connectivity index (χ3v) is 3.50. The molecule has 1 heterocycles. The predicted octanol–water partition coefficient (Wildman–Crippen LogP) is 2.35. The lowest BCUT2D eigenvalue weighted by Crippen LogP contribution is -2.35. The van der Waals surface area contributed by atoms with Crippen LogP contribution in [-0.4, -0.2) is 25.5 Å². The van der Waals surface area contributed by atoms with Crippen molar-refractivity contribution < 1.29 is 4.79 Å². The summed E-state index contributed by atoms with van der Waals surface area (Å²) in [7, 11) is 0. The van der Waals surface area contributed by atoms with Gasteiger partial charge in [0, 0.05) is 13.0 Å². The number of carbonyl (C=O) groups excluding carboxylic acids is 1. The average molecular weight is 263 g/mol. The van der Waals surface area contributed by atoms with Crippen LogP contribution in [0.2, 0.25) is 0 Å². The number of unbranched alkanes of at least 4 members (excludes halogenated alkanes) is 1. The zero-order valence-corrected chi connectivity index (χ0v) is 11.9. The molecule has 1 rings (SSSR count). The summed E-state index contributed by atoms with van der Waals surface area (Å²) in [5.41, 5.74) is 0. The molecule has 0 spiro atoms. The van der Waals surface area contributed by atoms with Crippen molar-refractivity contribution in [3.63, 3.8) is 0 Å². The highest BCUT2D eigenvalue weighted by molar-refractivity contribution is 5.85. The van der Waals surface area contributed by atoms with E-state index in [2.05, 4.69) is 24.5 Å². The van der Waals surface area contributed by atoms with Gasteiger partial charge in [0.2, 0.25) is 5.91 Å². The summed E-state index contributed by atoms with van der Waals surface area (Å²) in [5.74, 6) is 1.42. The van der Waals surface area contributed by atoms with Crippen LogP contribution in [0.1, 0.15) is 46.0 Å². The Morgan fingerprint density at radius 2 is 2.29 bits per heavy atom. The Hall–Kier alpha value is -0.280. The normalized spacial score (nSPS) is 21.4. The summed E-state index contributed by atoms with van der Waals surface area (Å²) >= 11 is 0. The first kappa shape index (κ1) is 16.7. The molecule has 1 aliphatic rings. The molecule has 2 unspecified atom stereocenters. The Kier molecular flexibility index (Phi) is 9.56. The molecule has 0 saturated carbocycles. The lowest BCUT2D eigenvalue weighted by Gasteiger charge is -2.28. The van der Waals surface area contributed by atoms with Crippen LogP contribution in [0.25, 0.3) is 0 Å². The van der Waals surface area contributed by atoms with E-state index in [0.717, 1.165) is 32.5 Å². The van der Waals surface area contributed by atoms with Crippen LogP contribution in [0.4, 0.5) is 0 Å². The van der Waals surface area contributed by atoms with Crippen LogP contribution >= 0.6 is 12.4 Å². The van der Waals surface area contributed by atoms with E-state index < -0.39 is 0 Å². The lowest BCUT2D eigenvalue weighted by atomic mass is 9.85. The quantitative estimate of drug-likeness (QED) is 0.722. The van der Waals surface area contributed by atoms with Crippen molar-refractivity contribution in [3.05, 3.63) is 0 Å². The van der Waals surface area contributed by atoms with Crippen molar-refractivity contribution in [3.8, 4) is 0 Å². The van der Waals surface area contributed by atoms with Gasteiger partial charge in [-0.3, -0.25) is 4.79 Å². The lowest BCUT2D eigenvalue weighted by molar-refractivity contribution is -0.122. The third kappa shape index (κ3) is 6.89. The highest BCUT2D eigenvalue weighted by Gasteiger charge is 2.21. The number of carbonyl (C=O) groups is 1. The maximum Gasteiger partial charge on any atom is 0.220 e. The van der Waals surface area contributed by atoms with Gasteiger partial charge in [-0.1, -0.05) is 20.3 Å². The van der Waals surface area contributed by atoms with E-state index in [-0.39, 0.29) is 18.3 Å². The van der Waals surface area contributed by atoms with Crippen LogP contribution in [0.15, 0.2) is 0 Å². The monoisotopic (exact) mass is 262 g/mol. The fraction of sp³-hybridized carbons (Fsp3) is 0.923. The molecule has 4 heteroatoms. The first-order valence-electron chi connectivity index (χ1n) is 6.71. The minimum atomic E-state index is 0. The third-order valence-electron chi connectivity index (χ3n) is 3.50. The van der Waals surface area contributed by atoms with Crippen molar-refractivity contribution in [1.82, 2.24) is 10.6 Å². The van der Waals surface area contributed by atoms with Gasteiger partial charge in [-0.05, 0) is 44.2 Å². The van der Waals surface area contributed by atoms with E-state index in [1.807, 2.05) is 0 Å². The van der Waals surface area contributed by atoms with E-state index in [1.54, 1.807) is 0 Å². The second-order valence-electron chi connectivity index (χ2n) is 4.99. The topological polar surface area (TPSA) is 41.1 Å². The molecule has 3 nitrogen and oxygen atoms in total. The van der Waals surface area contributed by atoms with Crippen LogP contribution in [0, 0.1) is 11.8 Å². The Morgan fingerprint density at radius 1 is 1.53 bits per heavy atom. The predicted molar refractivity (Wildman–Crippen MR) is 74.5 cm³/mol. The van der Waals surface area contributed by atoms with Gasteiger partial charge in [-0.25, -0.2) is 0 Å². The molecular formula is C13H27ClN2O. The molecule has 0 aliphatic carbocycles. The first-order valence-corrected chi connectivity index (χ1v) is 6.71. The number of hydrogen-bond donors (Lipinski definition) is 2. The molecule has 1 aliphatic heterocycles. The molecule has 0 aromatic carbocycles. The summed E-state index contributed by atoms with van der Waals surface area (Å²) in [5, 5.41) is 6.40. The van der Waals surface area contributed by atoms with Crippen molar-refractivity contribution in [2.45, 2.75) is 46.0 Å². The minimum absolute atomic E-state index is 0. The van der Waals surface area contributed by atoms with Crippen molar-refractivity contribution in [1.29, 1.82) is 0 Å². The van der Waals surface area contributed by atoms with Crippen LogP contribution in [0.5, 0.6) is 0 Å². The summed E-state index contributed by atoms with van der Waals surface area (Å²) < 4.78 is 0. The molecular weight excluding hydrogens is 236 g/mol. The van der Waals surface area contributed by atoms with E-state index in [0.29, 0.717) is 18.3 Å². The van der Waals surface area contributed by atoms with Crippen molar-refractivity contribution in [2.24, 2.45) is 11.8 Å². The van der Waals surface area contributed by atoms with Gasteiger partial charge in [0.25, 0.3) is 0 Å². The molecule has 0 aromatic heterocycles. The van der Waals surface area contributed by atoms with Gasteiger partial charge in [0.1, 0.15) is 0 Å². The second kappa shape index (κ2) is 9.72. The standard InChI is InChI=1S/C13H26N2O.ClH/c1-3-4-8-15-13(16)9-11(2)12-6-5-7-14-10-12;/h11-12,14H,3-10H2,1-2H3,(H,15,16);1H. The number of nitrogens with one attached hydrogen (secondary N) is 2. The summed E-state index contributed by atoms with van der Waals surface area (Å²) in [6, 6.07) is 0. The maximum absolute atomic E-state index is 11.6. The van der Waals surface area contributed by atoms with Gasteiger partial charge < -0.3 is 10.6 Å². The molecule has 0 bridgehead atoms. The summed E-state index contributed by atoms with van der Waals surface area (Å²) in [6.07, 6.45) is 5.45. The summed E-state index contributed by atoms with van der Waals surface area (Å²) in [6.45, 7) is 7.42. The smallest absolute Gasteiger partial charge is 0.220 e. The van der Waals surface area contributed by atoms with E-state index in [4.69, 9.17) is 0 Å². The Labute approximate surface area is 112 Å². The minimum Gasteiger partial charge on any atom is -0.356 e. The zero-order chi connectivity index (χ0) is 11.8. The number of halogens is 1. The van der Waals surface area contributed by atoms with Gasteiger partial charge in [-0.2, -0.15) is 0 Å². The molecule has 0 radical (unpaired) electrons. The zero-order valence-electron chi connectivity index (χ0n) is 11.1. The molecule has 0 aromatic rings. The second-order valence-corrected chi connectivity index (χ2v) is 4.99. The molecule has 1 saturated heterocycles. The van der Waals surface area contributed by atoms with Crippen LogP contribution in [0.3, 0.4) is 0 Å². The van der Waals surface area contributed by atoms with Gasteiger partial charge >= 0.3 is 0 Å².